The van der Waals surface area contributed by atoms with Crippen LogP contribution >= 0.6 is 0 Å². The summed E-state index contributed by atoms with van der Waals surface area (Å²) in [7, 11) is 1.56. The number of esters is 1. The normalized spacial score (nSPS) is 14.0. The van der Waals surface area contributed by atoms with Crippen LogP contribution in [-0.4, -0.2) is 37.7 Å². The first kappa shape index (κ1) is 21.4. The van der Waals surface area contributed by atoms with Gasteiger partial charge in [-0.05, 0) is 62.6 Å². The molecule has 1 aliphatic heterocycles. The molecule has 6 heteroatoms. The summed E-state index contributed by atoms with van der Waals surface area (Å²) in [6, 6.07) is 13.2. The maximum Gasteiger partial charge on any atom is 0.331 e. The quantitative estimate of drug-likeness (QED) is 0.511. The molecule has 1 heterocycles. The van der Waals surface area contributed by atoms with Gasteiger partial charge in [0.15, 0.2) is 17.6 Å². The third-order valence-electron chi connectivity index (χ3n) is 4.76. The van der Waals surface area contributed by atoms with Gasteiger partial charge in [-0.1, -0.05) is 24.3 Å². The Labute approximate surface area is 177 Å². The first-order valence-corrected chi connectivity index (χ1v) is 10.0. The van der Waals surface area contributed by atoms with E-state index in [-0.39, 0.29) is 12.0 Å². The summed E-state index contributed by atoms with van der Waals surface area (Å²) in [5.74, 6) is 0.413. The number of anilines is 1. The molecule has 158 valence electrons. The molecule has 0 spiro atoms. The van der Waals surface area contributed by atoms with Crippen LogP contribution in [-0.2, 0) is 20.7 Å². The molecule has 0 aliphatic carbocycles. The molecule has 30 heavy (non-hydrogen) atoms. The van der Waals surface area contributed by atoms with Crippen molar-refractivity contribution in [1.82, 2.24) is 0 Å². The molecule has 0 bridgehead atoms. The number of fused-ring (bicyclic) bond motifs is 1. The molecule has 0 saturated heterocycles. The van der Waals surface area contributed by atoms with E-state index >= 15 is 0 Å². The van der Waals surface area contributed by atoms with Crippen molar-refractivity contribution in [1.29, 1.82) is 0 Å². The lowest BCUT2D eigenvalue weighted by Gasteiger charge is -2.21. The van der Waals surface area contributed by atoms with Crippen molar-refractivity contribution in [3.63, 3.8) is 0 Å². The number of rotatable bonds is 7. The lowest BCUT2D eigenvalue weighted by Crippen LogP contribution is -2.38. The molecule has 3 rings (SSSR count). The zero-order chi connectivity index (χ0) is 21.7. The van der Waals surface area contributed by atoms with Gasteiger partial charge >= 0.3 is 5.97 Å². The van der Waals surface area contributed by atoms with Crippen LogP contribution in [0.2, 0.25) is 0 Å². The van der Waals surface area contributed by atoms with Crippen molar-refractivity contribution in [2.75, 3.05) is 18.6 Å². The first-order valence-electron chi connectivity index (χ1n) is 10.0. The average molecular weight is 409 g/mol. The molecule has 0 aromatic heterocycles. The van der Waals surface area contributed by atoms with E-state index in [4.69, 9.17) is 14.2 Å². The third kappa shape index (κ3) is 5.00. The molecule has 1 atom stereocenters. The number of para-hydroxylation sites is 1. The van der Waals surface area contributed by atoms with E-state index in [2.05, 4.69) is 0 Å². The molecular weight excluding hydrogens is 382 g/mol. The molecule has 2 aromatic rings. The predicted octanol–water partition coefficient (Wildman–Crippen LogP) is 4.02. The van der Waals surface area contributed by atoms with Gasteiger partial charge in [0.25, 0.3) is 5.91 Å². The number of nitrogens with zero attached hydrogens (tertiary/aromatic N) is 1. The van der Waals surface area contributed by atoms with Gasteiger partial charge in [-0.3, -0.25) is 4.79 Å². The minimum Gasteiger partial charge on any atom is -0.493 e. The SMILES string of the molecule is COc1cc(/C=C/C(=O)O[C@@H](C)C(=O)N2CCc3ccccc32)ccc1OC(C)C. The smallest absolute Gasteiger partial charge is 0.331 e. The van der Waals surface area contributed by atoms with Gasteiger partial charge in [0, 0.05) is 18.3 Å². The molecular formula is C24H27NO5. The second kappa shape index (κ2) is 9.48. The highest BCUT2D eigenvalue weighted by Crippen LogP contribution is 2.30. The van der Waals surface area contributed by atoms with Gasteiger partial charge in [0.2, 0.25) is 0 Å². The highest BCUT2D eigenvalue weighted by atomic mass is 16.5. The fraction of sp³-hybridized carbons (Fsp3) is 0.333. The second-order valence-corrected chi connectivity index (χ2v) is 7.36. The number of hydrogen-bond donors (Lipinski definition) is 0. The Kier molecular flexibility index (Phi) is 6.77. The summed E-state index contributed by atoms with van der Waals surface area (Å²) in [6.07, 6.45) is 2.88. The summed E-state index contributed by atoms with van der Waals surface area (Å²) in [6.45, 7) is 6.06. The first-order chi connectivity index (χ1) is 14.4. The van der Waals surface area contributed by atoms with Crippen LogP contribution in [0.3, 0.4) is 0 Å². The fourth-order valence-electron chi connectivity index (χ4n) is 3.35. The number of carbonyl (C=O) groups is 2. The van der Waals surface area contributed by atoms with Crippen LogP contribution in [0.4, 0.5) is 5.69 Å². The zero-order valence-electron chi connectivity index (χ0n) is 17.8. The van der Waals surface area contributed by atoms with E-state index in [9.17, 15) is 9.59 Å². The Morgan fingerprint density at radius 1 is 1.07 bits per heavy atom. The van der Waals surface area contributed by atoms with Crippen LogP contribution in [0, 0.1) is 0 Å². The minimum atomic E-state index is -0.871. The lowest BCUT2D eigenvalue weighted by molar-refractivity contribution is -0.149. The van der Waals surface area contributed by atoms with Gasteiger partial charge in [-0.25, -0.2) is 4.79 Å². The topological polar surface area (TPSA) is 65.1 Å². The van der Waals surface area contributed by atoms with Crippen molar-refractivity contribution in [3.8, 4) is 11.5 Å². The third-order valence-corrected chi connectivity index (χ3v) is 4.76. The standard InChI is InChI=1S/C24H27NO5/c1-16(2)29-21-11-9-18(15-22(21)28-4)10-12-23(26)30-17(3)24(27)25-14-13-19-7-5-6-8-20(19)25/h5-12,15-17H,13-14H2,1-4H3/b12-10+/t17-/m0/s1. The van der Waals surface area contributed by atoms with Crippen LogP contribution < -0.4 is 14.4 Å². The fourth-order valence-corrected chi connectivity index (χ4v) is 3.35. The number of hydrogen-bond acceptors (Lipinski definition) is 5. The Balaban J connectivity index is 1.61. The number of ether oxygens (including phenoxy) is 3. The predicted molar refractivity (Wildman–Crippen MR) is 116 cm³/mol. The Morgan fingerprint density at radius 3 is 2.57 bits per heavy atom. The molecule has 0 saturated carbocycles. The Morgan fingerprint density at radius 2 is 1.83 bits per heavy atom. The summed E-state index contributed by atoms with van der Waals surface area (Å²) < 4.78 is 16.4. The largest absolute Gasteiger partial charge is 0.493 e. The van der Waals surface area contributed by atoms with Gasteiger partial charge in [-0.15, -0.1) is 0 Å². The molecule has 0 N–H and O–H groups in total. The van der Waals surface area contributed by atoms with Gasteiger partial charge in [0.05, 0.1) is 13.2 Å². The van der Waals surface area contributed by atoms with Gasteiger partial charge in [-0.2, -0.15) is 0 Å². The van der Waals surface area contributed by atoms with Crippen molar-refractivity contribution in [3.05, 3.63) is 59.7 Å². The highest BCUT2D eigenvalue weighted by Gasteiger charge is 2.29. The molecule has 1 aliphatic rings. The van der Waals surface area contributed by atoms with Crippen molar-refractivity contribution in [2.45, 2.75) is 39.4 Å². The molecule has 0 fully saturated rings. The monoisotopic (exact) mass is 409 g/mol. The number of methoxy groups -OCH3 is 1. The Hall–Kier alpha value is -3.28. The van der Waals surface area contributed by atoms with E-state index in [1.807, 2.05) is 44.2 Å². The molecule has 2 aromatic carbocycles. The van der Waals surface area contributed by atoms with Gasteiger partial charge < -0.3 is 19.1 Å². The highest BCUT2D eigenvalue weighted by molar-refractivity contribution is 6.00. The van der Waals surface area contributed by atoms with E-state index in [0.717, 1.165) is 23.2 Å². The summed E-state index contributed by atoms with van der Waals surface area (Å²) in [4.78, 5) is 26.6. The van der Waals surface area contributed by atoms with E-state index in [1.165, 1.54) is 6.08 Å². The maximum absolute atomic E-state index is 12.7. The minimum absolute atomic E-state index is 0.0249. The van der Waals surface area contributed by atoms with Crippen LogP contribution in [0.25, 0.3) is 6.08 Å². The summed E-state index contributed by atoms with van der Waals surface area (Å²) in [5, 5.41) is 0. The Bertz CT molecular complexity index is 950. The number of benzene rings is 2. The lowest BCUT2D eigenvalue weighted by atomic mass is 10.2. The summed E-state index contributed by atoms with van der Waals surface area (Å²) in [5.41, 5.74) is 2.77. The average Bonchev–Trinajstić information content (AvgIpc) is 3.16. The van der Waals surface area contributed by atoms with Crippen LogP contribution in [0.1, 0.15) is 31.9 Å². The van der Waals surface area contributed by atoms with Crippen LogP contribution in [0.15, 0.2) is 48.5 Å². The molecule has 6 nitrogen and oxygen atoms in total. The second-order valence-electron chi connectivity index (χ2n) is 7.36. The molecule has 1 amide bonds. The number of amides is 1. The van der Waals surface area contributed by atoms with Crippen molar-refractivity contribution < 1.29 is 23.8 Å². The number of carbonyl (C=O) groups excluding carboxylic acids is 2. The van der Waals surface area contributed by atoms with Crippen LogP contribution in [0.5, 0.6) is 11.5 Å². The maximum atomic E-state index is 12.7. The van der Waals surface area contributed by atoms with Crippen molar-refractivity contribution >= 4 is 23.6 Å². The van der Waals surface area contributed by atoms with Gasteiger partial charge in [0.1, 0.15) is 0 Å². The van der Waals surface area contributed by atoms with E-state index in [0.29, 0.717) is 18.0 Å². The summed E-state index contributed by atoms with van der Waals surface area (Å²) >= 11 is 0. The van der Waals surface area contributed by atoms with E-state index < -0.39 is 12.1 Å². The zero-order valence-corrected chi connectivity index (χ0v) is 17.8. The molecule has 0 unspecified atom stereocenters. The van der Waals surface area contributed by atoms with E-state index in [1.54, 1.807) is 37.1 Å². The molecule has 0 radical (unpaired) electrons. The van der Waals surface area contributed by atoms with Crippen molar-refractivity contribution in [2.24, 2.45) is 0 Å².